The summed E-state index contributed by atoms with van der Waals surface area (Å²) < 4.78 is 41.4. The SMILES string of the molecule is C[C@@H]1N(C)c2cc3nc(-c4cccs4)cc(C(F)(F)F)c3cc2C1(C)C. The van der Waals surface area contributed by atoms with Crippen molar-refractivity contribution in [3.05, 3.63) is 46.8 Å². The second kappa shape index (κ2) is 5.46. The Kier molecular flexibility index (Phi) is 3.64. The van der Waals surface area contributed by atoms with Crippen LogP contribution in [0.5, 0.6) is 0 Å². The molecule has 0 saturated heterocycles. The lowest BCUT2D eigenvalue weighted by molar-refractivity contribution is -0.136. The lowest BCUT2D eigenvalue weighted by Gasteiger charge is -2.28. The van der Waals surface area contributed by atoms with E-state index in [0.29, 0.717) is 11.2 Å². The van der Waals surface area contributed by atoms with E-state index in [1.165, 1.54) is 17.4 Å². The Hall–Kier alpha value is -2.08. The maximum Gasteiger partial charge on any atom is 0.417 e. The zero-order chi connectivity index (χ0) is 18.9. The summed E-state index contributed by atoms with van der Waals surface area (Å²) in [5.41, 5.74) is 1.81. The number of hydrogen-bond acceptors (Lipinski definition) is 3. The number of fused-ring (bicyclic) bond motifs is 2. The Bertz CT molecular complexity index is 990. The lowest BCUT2D eigenvalue weighted by atomic mass is 9.80. The number of likely N-dealkylation sites (N-methyl/N-ethyl adjacent to an activating group) is 1. The second-order valence-corrected chi connectivity index (χ2v) is 8.37. The summed E-state index contributed by atoms with van der Waals surface area (Å²) in [6, 6.07) is 8.49. The van der Waals surface area contributed by atoms with E-state index in [1.807, 2.05) is 24.6 Å². The van der Waals surface area contributed by atoms with Gasteiger partial charge in [-0.1, -0.05) is 19.9 Å². The van der Waals surface area contributed by atoms with Crippen molar-refractivity contribution in [3.8, 4) is 10.6 Å². The molecule has 0 unspecified atom stereocenters. The molecule has 6 heteroatoms. The number of pyridine rings is 1. The molecule has 136 valence electrons. The van der Waals surface area contributed by atoms with Crippen molar-refractivity contribution in [2.75, 3.05) is 11.9 Å². The molecule has 0 N–H and O–H groups in total. The quantitative estimate of drug-likeness (QED) is 0.510. The molecule has 3 aromatic rings. The number of alkyl halides is 3. The largest absolute Gasteiger partial charge is 0.417 e. The first-order valence-corrected chi connectivity index (χ1v) is 9.32. The third-order valence-corrected chi connectivity index (χ3v) is 6.60. The number of thiophene rings is 1. The fraction of sp³-hybridized carbons (Fsp3) is 0.350. The Morgan fingerprint density at radius 3 is 2.54 bits per heavy atom. The van der Waals surface area contributed by atoms with Gasteiger partial charge < -0.3 is 4.90 Å². The minimum Gasteiger partial charge on any atom is -0.371 e. The highest BCUT2D eigenvalue weighted by Crippen LogP contribution is 2.47. The number of nitrogens with zero attached hydrogens (tertiary/aromatic N) is 2. The maximum atomic E-state index is 13.8. The van der Waals surface area contributed by atoms with Gasteiger partial charge in [-0.3, -0.25) is 0 Å². The number of benzene rings is 1. The van der Waals surface area contributed by atoms with Crippen LogP contribution >= 0.6 is 11.3 Å². The Morgan fingerprint density at radius 2 is 1.92 bits per heavy atom. The third-order valence-electron chi connectivity index (χ3n) is 5.70. The fourth-order valence-corrected chi connectivity index (χ4v) is 4.46. The summed E-state index contributed by atoms with van der Waals surface area (Å²) in [5.74, 6) is 0. The van der Waals surface area contributed by atoms with Crippen molar-refractivity contribution in [2.24, 2.45) is 0 Å². The number of anilines is 1. The van der Waals surface area contributed by atoms with Gasteiger partial charge >= 0.3 is 6.18 Å². The summed E-state index contributed by atoms with van der Waals surface area (Å²) >= 11 is 1.39. The average molecular weight is 376 g/mol. The van der Waals surface area contributed by atoms with Gasteiger partial charge in [-0.2, -0.15) is 13.2 Å². The predicted molar refractivity (Wildman–Crippen MR) is 101 cm³/mol. The van der Waals surface area contributed by atoms with Gasteiger partial charge in [0.25, 0.3) is 0 Å². The Morgan fingerprint density at radius 1 is 1.19 bits per heavy atom. The van der Waals surface area contributed by atoms with Gasteiger partial charge in [-0.15, -0.1) is 11.3 Å². The first-order chi connectivity index (χ1) is 12.1. The van der Waals surface area contributed by atoms with Crippen LogP contribution in [0.4, 0.5) is 18.9 Å². The first kappa shape index (κ1) is 17.3. The zero-order valence-corrected chi connectivity index (χ0v) is 15.8. The van der Waals surface area contributed by atoms with E-state index in [9.17, 15) is 13.2 Å². The zero-order valence-electron chi connectivity index (χ0n) is 15.0. The molecule has 0 amide bonds. The van der Waals surface area contributed by atoms with Gasteiger partial charge in [0, 0.05) is 29.6 Å². The molecule has 1 atom stereocenters. The molecule has 0 fully saturated rings. The fourth-order valence-electron chi connectivity index (χ4n) is 3.77. The summed E-state index contributed by atoms with van der Waals surface area (Å²) in [5, 5.41) is 2.02. The van der Waals surface area contributed by atoms with Crippen LogP contribution in [0.3, 0.4) is 0 Å². The number of hydrogen-bond donors (Lipinski definition) is 0. The monoisotopic (exact) mass is 376 g/mol. The van der Waals surface area contributed by atoms with Gasteiger partial charge in [0.1, 0.15) is 0 Å². The maximum absolute atomic E-state index is 13.8. The lowest BCUT2D eigenvalue weighted by Crippen LogP contribution is -2.36. The number of halogens is 3. The number of rotatable bonds is 1. The van der Waals surface area contributed by atoms with E-state index in [4.69, 9.17) is 0 Å². The summed E-state index contributed by atoms with van der Waals surface area (Å²) in [7, 11) is 1.98. The van der Waals surface area contributed by atoms with Gasteiger partial charge in [0.05, 0.1) is 21.7 Å². The average Bonchev–Trinajstić information content (AvgIpc) is 3.16. The van der Waals surface area contributed by atoms with Crippen molar-refractivity contribution in [3.63, 3.8) is 0 Å². The van der Waals surface area contributed by atoms with E-state index in [0.717, 1.165) is 16.1 Å². The van der Waals surface area contributed by atoms with Gasteiger partial charge in [-0.05, 0) is 42.1 Å². The topological polar surface area (TPSA) is 16.1 Å². The highest BCUT2D eigenvalue weighted by atomic mass is 32.1. The van der Waals surface area contributed by atoms with Crippen molar-refractivity contribution in [1.82, 2.24) is 4.98 Å². The van der Waals surface area contributed by atoms with Crippen LogP contribution in [-0.4, -0.2) is 18.1 Å². The van der Waals surface area contributed by atoms with Crippen molar-refractivity contribution < 1.29 is 13.2 Å². The van der Waals surface area contributed by atoms with Gasteiger partial charge in [-0.25, -0.2) is 4.98 Å². The molecule has 1 aliphatic rings. The molecule has 2 nitrogen and oxygen atoms in total. The molecule has 4 rings (SSSR count). The molecule has 0 bridgehead atoms. The third kappa shape index (κ3) is 2.42. The van der Waals surface area contributed by atoms with Gasteiger partial charge in [0.2, 0.25) is 0 Å². The molecule has 0 saturated carbocycles. The van der Waals surface area contributed by atoms with E-state index in [1.54, 1.807) is 12.1 Å². The summed E-state index contributed by atoms with van der Waals surface area (Å²) in [4.78, 5) is 7.42. The molecule has 0 spiro atoms. The van der Waals surface area contributed by atoms with Crippen LogP contribution in [0.2, 0.25) is 0 Å². The normalized spacial score (nSPS) is 19.2. The van der Waals surface area contributed by atoms with Crippen LogP contribution in [0.15, 0.2) is 35.7 Å². The molecule has 3 heterocycles. The van der Waals surface area contributed by atoms with E-state index in [-0.39, 0.29) is 16.8 Å². The highest BCUT2D eigenvalue weighted by molar-refractivity contribution is 7.13. The molecular weight excluding hydrogens is 357 g/mol. The number of aromatic nitrogens is 1. The Balaban J connectivity index is 2.06. The van der Waals surface area contributed by atoms with Gasteiger partial charge in [0.15, 0.2) is 0 Å². The highest BCUT2D eigenvalue weighted by Gasteiger charge is 2.42. The summed E-state index contributed by atoms with van der Waals surface area (Å²) in [6.07, 6.45) is -4.43. The van der Waals surface area contributed by atoms with Crippen LogP contribution in [-0.2, 0) is 11.6 Å². The minimum atomic E-state index is -4.43. The first-order valence-electron chi connectivity index (χ1n) is 8.44. The van der Waals surface area contributed by atoms with Crippen molar-refractivity contribution >= 4 is 27.9 Å². The molecule has 0 aliphatic carbocycles. The molecule has 2 aromatic heterocycles. The van der Waals surface area contributed by atoms with Crippen LogP contribution in [0.1, 0.15) is 31.9 Å². The van der Waals surface area contributed by atoms with E-state index in [2.05, 4.69) is 30.7 Å². The predicted octanol–water partition coefficient (Wildman–Crippen LogP) is 6.10. The minimum absolute atomic E-state index is 0.173. The van der Waals surface area contributed by atoms with Crippen LogP contribution < -0.4 is 4.90 Å². The van der Waals surface area contributed by atoms with E-state index < -0.39 is 11.7 Å². The second-order valence-electron chi connectivity index (χ2n) is 7.43. The van der Waals surface area contributed by atoms with E-state index >= 15 is 0 Å². The summed E-state index contributed by atoms with van der Waals surface area (Å²) in [6.45, 7) is 6.25. The standard InChI is InChI=1S/C20H19F3N2S/c1-11-19(2,3)14-8-12-13(20(21,22)23)9-16(18-6-5-7-26-18)24-15(12)10-17(14)25(11)4/h5-11H,1-4H3/t11-/m0/s1. The smallest absolute Gasteiger partial charge is 0.371 e. The van der Waals surface area contributed by atoms with Crippen LogP contribution in [0, 0.1) is 0 Å². The van der Waals surface area contributed by atoms with Crippen LogP contribution in [0.25, 0.3) is 21.5 Å². The van der Waals surface area contributed by atoms with Crippen molar-refractivity contribution in [1.29, 1.82) is 0 Å². The Labute approximate surface area is 154 Å². The van der Waals surface area contributed by atoms with Crippen molar-refractivity contribution in [2.45, 2.75) is 38.4 Å². The molecular formula is C20H19F3N2S. The molecule has 26 heavy (non-hydrogen) atoms. The molecule has 1 aliphatic heterocycles. The molecule has 1 aromatic carbocycles. The molecule has 0 radical (unpaired) electrons.